The van der Waals surface area contributed by atoms with E-state index < -0.39 is 15.0 Å². The van der Waals surface area contributed by atoms with Crippen molar-refractivity contribution in [3.63, 3.8) is 0 Å². The molecular formula is C12H11BrCl2O4S. The van der Waals surface area contributed by atoms with E-state index in [4.69, 9.17) is 27.0 Å². The van der Waals surface area contributed by atoms with E-state index in [2.05, 4.69) is 15.9 Å². The number of carbonyl (C=O) groups excluding carboxylic acids is 1. The van der Waals surface area contributed by atoms with Crippen LogP contribution < -0.4 is 0 Å². The predicted molar refractivity (Wildman–Crippen MR) is 79.8 cm³/mol. The molecule has 1 saturated carbocycles. The summed E-state index contributed by atoms with van der Waals surface area (Å²) in [5, 5.41) is 0.109. The Morgan fingerprint density at radius 1 is 1.40 bits per heavy atom. The Labute approximate surface area is 134 Å². The fourth-order valence-electron chi connectivity index (χ4n) is 1.67. The molecule has 1 aromatic rings. The van der Waals surface area contributed by atoms with Gasteiger partial charge in [-0.05, 0) is 40.4 Å². The molecule has 0 radical (unpaired) electrons. The first-order valence-corrected chi connectivity index (χ1v) is 9.38. The normalized spacial score (nSPS) is 15.2. The van der Waals surface area contributed by atoms with Gasteiger partial charge in [-0.15, -0.1) is 0 Å². The zero-order valence-electron chi connectivity index (χ0n) is 10.2. The van der Waals surface area contributed by atoms with Gasteiger partial charge in [0.05, 0.1) is 22.1 Å². The standard InChI is InChI=1S/C12H11BrCl2O4S/c13-9-6-10(14)8(5-11(9)20(15,17)18)12(16)19-4-3-7-1-2-7/h5-7H,1-4H2. The third-order valence-corrected chi connectivity index (χ3v) is 5.55. The van der Waals surface area contributed by atoms with Crippen LogP contribution in [0.5, 0.6) is 0 Å². The monoisotopic (exact) mass is 400 g/mol. The van der Waals surface area contributed by atoms with Crippen LogP contribution in [0.3, 0.4) is 0 Å². The Balaban J connectivity index is 2.19. The minimum atomic E-state index is -3.97. The number of rotatable bonds is 5. The molecule has 0 unspecified atom stereocenters. The first-order chi connectivity index (χ1) is 9.29. The smallest absolute Gasteiger partial charge is 0.339 e. The summed E-state index contributed by atoms with van der Waals surface area (Å²) in [6.07, 6.45) is 3.16. The summed E-state index contributed by atoms with van der Waals surface area (Å²) in [6.45, 7) is 0.304. The summed E-state index contributed by atoms with van der Waals surface area (Å²) in [5.74, 6) is -0.00770. The highest BCUT2D eigenvalue weighted by Crippen LogP contribution is 2.33. The molecule has 20 heavy (non-hydrogen) atoms. The molecule has 0 aromatic heterocycles. The largest absolute Gasteiger partial charge is 0.462 e. The lowest BCUT2D eigenvalue weighted by atomic mass is 10.2. The van der Waals surface area contributed by atoms with Crippen LogP contribution in [0.1, 0.15) is 29.6 Å². The molecule has 0 bridgehead atoms. The average Bonchev–Trinajstić information content (AvgIpc) is 3.11. The van der Waals surface area contributed by atoms with Crippen LogP contribution in [0.4, 0.5) is 0 Å². The fourth-order valence-corrected chi connectivity index (χ4v) is 4.24. The lowest BCUT2D eigenvalue weighted by molar-refractivity contribution is 0.0495. The van der Waals surface area contributed by atoms with Crippen LogP contribution in [-0.2, 0) is 13.8 Å². The van der Waals surface area contributed by atoms with Crippen LogP contribution >= 0.6 is 38.2 Å². The van der Waals surface area contributed by atoms with Crippen LogP contribution in [0.15, 0.2) is 21.5 Å². The summed E-state index contributed by atoms with van der Waals surface area (Å²) in [4.78, 5) is 11.7. The third-order valence-electron chi connectivity index (χ3n) is 2.96. The first kappa shape index (κ1) is 16.1. The van der Waals surface area contributed by atoms with Crippen molar-refractivity contribution < 1.29 is 17.9 Å². The highest BCUT2D eigenvalue weighted by molar-refractivity contribution is 9.10. The van der Waals surface area contributed by atoms with Crippen LogP contribution in [-0.4, -0.2) is 21.0 Å². The van der Waals surface area contributed by atoms with E-state index in [9.17, 15) is 13.2 Å². The number of hydrogen-bond donors (Lipinski definition) is 0. The van der Waals surface area contributed by atoms with Crippen LogP contribution in [0, 0.1) is 5.92 Å². The minimum Gasteiger partial charge on any atom is -0.462 e. The van der Waals surface area contributed by atoms with Gasteiger partial charge >= 0.3 is 5.97 Å². The van der Waals surface area contributed by atoms with Gasteiger partial charge < -0.3 is 4.74 Å². The molecule has 0 atom stereocenters. The summed E-state index contributed by atoms with van der Waals surface area (Å²) in [5.41, 5.74) is -0.00936. The van der Waals surface area contributed by atoms with Gasteiger partial charge in [0.1, 0.15) is 0 Å². The first-order valence-electron chi connectivity index (χ1n) is 5.90. The maximum absolute atomic E-state index is 11.9. The fraction of sp³-hybridized carbons (Fsp3) is 0.417. The summed E-state index contributed by atoms with van der Waals surface area (Å²) in [6, 6.07) is 2.43. The second kappa shape index (κ2) is 6.22. The van der Waals surface area contributed by atoms with Crippen molar-refractivity contribution in [3.8, 4) is 0 Å². The molecule has 2 rings (SSSR count). The number of carbonyl (C=O) groups is 1. The van der Waals surface area contributed by atoms with Crippen molar-refractivity contribution in [2.45, 2.75) is 24.2 Å². The molecule has 110 valence electrons. The van der Waals surface area contributed by atoms with Gasteiger partial charge in [0, 0.05) is 15.2 Å². The van der Waals surface area contributed by atoms with Crippen molar-refractivity contribution >= 4 is 53.2 Å². The molecular weight excluding hydrogens is 391 g/mol. The van der Waals surface area contributed by atoms with E-state index in [1.54, 1.807) is 0 Å². The van der Waals surface area contributed by atoms with Gasteiger partial charge in [-0.1, -0.05) is 24.4 Å². The molecule has 0 aliphatic heterocycles. The van der Waals surface area contributed by atoms with Gasteiger partial charge in [-0.25, -0.2) is 13.2 Å². The number of halogens is 3. The quantitative estimate of drug-likeness (QED) is 0.552. The highest BCUT2D eigenvalue weighted by atomic mass is 79.9. The molecule has 1 fully saturated rings. The average molecular weight is 402 g/mol. The molecule has 1 aliphatic carbocycles. The van der Waals surface area contributed by atoms with Gasteiger partial charge in [0.15, 0.2) is 0 Å². The number of hydrogen-bond acceptors (Lipinski definition) is 4. The topological polar surface area (TPSA) is 60.4 Å². The number of benzene rings is 1. The maximum atomic E-state index is 11.9. The Bertz CT molecular complexity index is 641. The maximum Gasteiger partial charge on any atom is 0.339 e. The number of esters is 1. The zero-order chi connectivity index (χ0) is 14.9. The van der Waals surface area contributed by atoms with Crippen LogP contribution in [0.2, 0.25) is 5.02 Å². The third kappa shape index (κ3) is 4.10. The Morgan fingerprint density at radius 3 is 2.60 bits per heavy atom. The van der Waals surface area contributed by atoms with Crippen molar-refractivity contribution in [1.29, 1.82) is 0 Å². The summed E-state index contributed by atoms with van der Waals surface area (Å²) >= 11 is 8.98. The zero-order valence-corrected chi connectivity index (χ0v) is 14.1. The second-order valence-electron chi connectivity index (χ2n) is 4.57. The Hall–Kier alpha value is -0.300. The second-order valence-corrected chi connectivity index (χ2v) is 8.36. The Kier molecular flexibility index (Phi) is 5.00. The molecule has 4 nitrogen and oxygen atoms in total. The Morgan fingerprint density at radius 2 is 2.05 bits per heavy atom. The van der Waals surface area contributed by atoms with Gasteiger partial charge in [0.2, 0.25) is 0 Å². The van der Waals surface area contributed by atoms with E-state index >= 15 is 0 Å². The molecule has 8 heteroatoms. The van der Waals surface area contributed by atoms with Gasteiger partial charge in [-0.3, -0.25) is 0 Å². The predicted octanol–water partition coefficient (Wildman–Crippen LogP) is 3.99. The summed E-state index contributed by atoms with van der Waals surface area (Å²) in [7, 11) is 1.32. The molecule has 1 aromatic carbocycles. The molecule has 0 N–H and O–H groups in total. The van der Waals surface area contributed by atoms with Crippen molar-refractivity contribution in [3.05, 3.63) is 27.2 Å². The molecule has 0 heterocycles. The van der Waals surface area contributed by atoms with E-state index in [-0.39, 0.29) is 20.0 Å². The molecule has 1 aliphatic rings. The minimum absolute atomic E-state index is 0.00936. The molecule has 0 amide bonds. The van der Waals surface area contributed by atoms with E-state index in [1.807, 2.05) is 0 Å². The number of ether oxygens (including phenoxy) is 1. The molecule has 0 saturated heterocycles. The van der Waals surface area contributed by atoms with Crippen molar-refractivity contribution in [2.24, 2.45) is 5.92 Å². The lowest BCUT2D eigenvalue weighted by Crippen LogP contribution is -2.09. The summed E-state index contributed by atoms with van der Waals surface area (Å²) < 4.78 is 28.1. The van der Waals surface area contributed by atoms with Crippen molar-refractivity contribution in [2.75, 3.05) is 6.61 Å². The van der Waals surface area contributed by atoms with Gasteiger partial charge in [-0.2, -0.15) is 0 Å². The highest BCUT2D eigenvalue weighted by Gasteiger charge is 2.23. The van der Waals surface area contributed by atoms with Gasteiger partial charge in [0.25, 0.3) is 9.05 Å². The molecule has 0 spiro atoms. The van der Waals surface area contributed by atoms with E-state index in [0.717, 1.165) is 12.5 Å². The van der Waals surface area contributed by atoms with Crippen LogP contribution in [0.25, 0.3) is 0 Å². The van der Waals surface area contributed by atoms with E-state index in [1.165, 1.54) is 18.9 Å². The lowest BCUT2D eigenvalue weighted by Gasteiger charge is -2.08. The SMILES string of the molecule is O=C(OCCC1CC1)c1cc(S(=O)(=O)Cl)c(Br)cc1Cl. The van der Waals surface area contributed by atoms with Crippen molar-refractivity contribution in [1.82, 2.24) is 0 Å². The van der Waals surface area contributed by atoms with E-state index in [0.29, 0.717) is 12.5 Å².